The van der Waals surface area contributed by atoms with Crippen LogP contribution in [0.3, 0.4) is 0 Å². The Hall–Kier alpha value is -1.40. The summed E-state index contributed by atoms with van der Waals surface area (Å²) in [5.74, 6) is 0.627. The van der Waals surface area contributed by atoms with Gasteiger partial charge in [0.1, 0.15) is 0 Å². The molecule has 116 valence electrons. The van der Waals surface area contributed by atoms with E-state index >= 15 is 0 Å². The molecule has 1 N–H and O–H groups in total. The van der Waals surface area contributed by atoms with Gasteiger partial charge in [-0.15, -0.1) is 11.3 Å². The summed E-state index contributed by atoms with van der Waals surface area (Å²) in [4.78, 5) is 26.4. The molecule has 0 unspecified atom stereocenters. The van der Waals surface area contributed by atoms with E-state index in [1.807, 2.05) is 22.4 Å². The maximum Gasteiger partial charge on any atom is 0.261 e. The summed E-state index contributed by atoms with van der Waals surface area (Å²) in [6.45, 7) is 2.73. The summed E-state index contributed by atoms with van der Waals surface area (Å²) in [5.41, 5.74) is 0. The van der Waals surface area contributed by atoms with E-state index in [0.29, 0.717) is 25.5 Å². The summed E-state index contributed by atoms with van der Waals surface area (Å²) in [6, 6.07) is 3.71. The number of likely N-dealkylation sites (tertiary alicyclic amines) is 1. The van der Waals surface area contributed by atoms with Crippen LogP contribution in [-0.4, -0.2) is 50.1 Å². The van der Waals surface area contributed by atoms with Crippen molar-refractivity contribution >= 4 is 23.2 Å². The second kappa shape index (κ2) is 8.14. The fourth-order valence-electron chi connectivity index (χ4n) is 2.47. The lowest BCUT2D eigenvalue weighted by Gasteiger charge is -2.32. The lowest BCUT2D eigenvalue weighted by Crippen LogP contribution is -2.41. The predicted molar refractivity (Wildman–Crippen MR) is 82.4 cm³/mol. The summed E-state index contributed by atoms with van der Waals surface area (Å²) < 4.78 is 4.93. The summed E-state index contributed by atoms with van der Waals surface area (Å²) in [6.07, 6.45) is 2.35. The molecule has 1 aromatic heterocycles. The number of hydrogen-bond donors (Lipinski definition) is 1. The molecule has 6 heteroatoms. The highest BCUT2D eigenvalue weighted by Crippen LogP contribution is 2.17. The number of methoxy groups -OCH3 is 1. The number of carbonyl (C=O) groups is 2. The molecule has 1 aromatic rings. The number of amides is 2. The van der Waals surface area contributed by atoms with Crippen LogP contribution < -0.4 is 5.32 Å². The Morgan fingerprint density at radius 3 is 2.81 bits per heavy atom. The van der Waals surface area contributed by atoms with Crippen molar-refractivity contribution in [2.45, 2.75) is 19.3 Å². The molecule has 5 nitrogen and oxygen atoms in total. The largest absolute Gasteiger partial charge is 0.384 e. The van der Waals surface area contributed by atoms with Gasteiger partial charge in [-0.1, -0.05) is 6.07 Å². The van der Waals surface area contributed by atoms with E-state index < -0.39 is 0 Å². The Labute approximate surface area is 129 Å². The quantitative estimate of drug-likeness (QED) is 0.871. The SMILES string of the molecule is COCCC(=O)N1CCC(CNC(=O)c2cccs2)CC1. The fourth-order valence-corrected chi connectivity index (χ4v) is 3.11. The maximum atomic E-state index is 11.9. The third-order valence-corrected chi connectivity index (χ3v) is 4.65. The maximum absolute atomic E-state index is 11.9. The minimum absolute atomic E-state index is 0.00333. The van der Waals surface area contributed by atoms with Crippen LogP contribution in [0.15, 0.2) is 17.5 Å². The number of nitrogens with one attached hydrogen (secondary N) is 1. The van der Waals surface area contributed by atoms with Crippen LogP contribution in [0.4, 0.5) is 0 Å². The van der Waals surface area contributed by atoms with Crippen LogP contribution in [0, 0.1) is 5.92 Å². The first kappa shape index (κ1) is 16.0. The lowest BCUT2D eigenvalue weighted by atomic mass is 9.96. The molecule has 0 saturated carbocycles. The van der Waals surface area contributed by atoms with E-state index in [0.717, 1.165) is 30.8 Å². The van der Waals surface area contributed by atoms with Gasteiger partial charge in [-0.2, -0.15) is 0 Å². The van der Waals surface area contributed by atoms with Gasteiger partial charge in [0.15, 0.2) is 0 Å². The smallest absolute Gasteiger partial charge is 0.261 e. The van der Waals surface area contributed by atoms with E-state index in [-0.39, 0.29) is 11.8 Å². The van der Waals surface area contributed by atoms with Gasteiger partial charge in [0.25, 0.3) is 5.91 Å². The fraction of sp³-hybridized carbons (Fsp3) is 0.600. The lowest BCUT2D eigenvalue weighted by molar-refractivity contribution is -0.133. The molecule has 2 rings (SSSR count). The zero-order valence-electron chi connectivity index (χ0n) is 12.3. The molecule has 21 heavy (non-hydrogen) atoms. The van der Waals surface area contributed by atoms with Crippen molar-refractivity contribution in [2.24, 2.45) is 5.92 Å². The summed E-state index contributed by atoms with van der Waals surface area (Å²) >= 11 is 1.45. The second-order valence-electron chi connectivity index (χ2n) is 5.25. The number of hydrogen-bond acceptors (Lipinski definition) is 4. The van der Waals surface area contributed by atoms with Gasteiger partial charge >= 0.3 is 0 Å². The van der Waals surface area contributed by atoms with Crippen LogP contribution in [0.25, 0.3) is 0 Å². The normalized spacial score (nSPS) is 16.0. The number of nitrogens with zero attached hydrogens (tertiary/aromatic N) is 1. The van der Waals surface area contributed by atoms with Crippen molar-refractivity contribution in [3.05, 3.63) is 22.4 Å². The van der Waals surface area contributed by atoms with Crippen molar-refractivity contribution in [3.63, 3.8) is 0 Å². The first-order chi connectivity index (χ1) is 10.2. The van der Waals surface area contributed by atoms with Gasteiger partial charge in [0.05, 0.1) is 17.9 Å². The van der Waals surface area contributed by atoms with Gasteiger partial charge in [0, 0.05) is 26.7 Å². The average Bonchev–Trinajstić information content (AvgIpc) is 3.05. The Morgan fingerprint density at radius 1 is 1.43 bits per heavy atom. The monoisotopic (exact) mass is 310 g/mol. The number of ether oxygens (including phenoxy) is 1. The summed E-state index contributed by atoms with van der Waals surface area (Å²) in [7, 11) is 1.61. The predicted octanol–water partition coefficient (Wildman–Crippen LogP) is 1.75. The van der Waals surface area contributed by atoms with Crippen LogP contribution in [-0.2, 0) is 9.53 Å². The zero-order valence-corrected chi connectivity index (χ0v) is 13.2. The first-order valence-electron chi connectivity index (χ1n) is 7.29. The van der Waals surface area contributed by atoms with Crippen molar-refractivity contribution in [1.82, 2.24) is 10.2 Å². The van der Waals surface area contributed by atoms with Crippen molar-refractivity contribution in [2.75, 3.05) is 33.4 Å². The van der Waals surface area contributed by atoms with Crippen LogP contribution in [0.1, 0.15) is 28.9 Å². The minimum Gasteiger partial charge on any atom is -0.384 e. The second-order valence-corrected chi connectivity index (χ2v) is 6.20. The number of rotatable bonds is 6. The topological polar surface area (TPSA) is 58.6 Å². The highest BCUT2D eigenvalue weighted by Gasteiger charge is 2.22. The molecule has 0 aromatic carbocycles. The van der Waals surface area contributed by atoms with Gasteiger partial charge in [-0.3, -0.25) is 9.59 Å². The molecule has 2 amide bonds. The van der Waals surface area contributed by atoms with Crippen LogP contribution in [0.5, 0.6) is 0 Å². The molecule has 0 bridgehead atoms. The highest BCUT2D eigenvalue weighted by molar-refractivity contribution is 7.12. The molecule has 1 aliphatic rings. The summed E-state index contributed by atoms with van der Waals surface area (Å²) in [5, 5.41) is 4.88. The van der Waals surface area contributed by atoms with E-state index in [1.165, 1.54) is 11.3 Å². The van der Waals surface area contributed by atoms with Crippen molar-refractivity contribution in [3.8, 4) is 0 Å². The molecule has 0 atom stereocenters. The third kappa shape index (κ3) is 4.82. The third-order valence-electron chi connectivity index (χ3n) is 3.78. The van der Waals surface area contributed by atoms with Crippen molar-refractivity contribution < 1.29 is 14.3 Å². The zero-order chi connectivity index (χ0) is 15.1. The molecule has 2 heterocycles. The first-order valence-corrected chi connectivity index (χ1v) is 8.17. The van der Waals surface area contributed by atoms with Gasteiger partial charge in [-0.25, -0.2) is 0 Å². The molecule has 1 saturated heterocycles. The van der Waals surface area contributed by atoms with Gasteiger partial charge < -0.3 is 15.0 Å². The van der Waals surface area contributed by atoms with E-state index in [1.54, 1.807) is 7.11 Å². The molecule has 1 fully saturated rings. The molecule has 0 radical (unpaired) electrons. The van der Waals surface area contributed by atoms with Gasteiger partial charge in [0.2, 0.25) is 5.91 Å². The Bertz CT molecular complexity index is 453. The highest BCUT2D eigenvalue weighted by atomic mass is 32.1. The van der Waals surface area contributed by atoms with Crippen LogP contribution in [0.2, 0.25) is 0 Å². The molecular weight excluding hydrogens is 288 g/mol. The Kier molecular flexibility index (Phi) is 6.20. The molecule has 0 aliphatic carbocycles. The Morgan fingerprint density at radius 2 is 2.19 bits per heavy atom. The number of piperidine rings is 1. The number of carbonyl (C=O) groups excluding carboxylic acids is 2. The van der Waals surface area contributed by atoms with Crippen molar-refractivity contribution in [1.29, 1.82) is 0 Å². The van der Waals surface area contributed by atoms with E-state index in [9.17, 15) is 9.59 Å². The average molecular weight is 310 g/mol. The number of thiophene rings is 1. The minimum atomic E-state index is 0.00333. The van der Waals surface area contributed by atoms with Gasteiger partial charge in [-0.05, 0) is 30.2 Å². The molecular formula is C15H22N2O3S. The van der Waals surface area contributed by atoms with E-state index in [4.69, 9.17) is 4.74 Å². The van der Waals surface area contributed by atoms with E-state index in [2.05, 4.69) is 5.32 Å². The van der Waals surface area contributed by atoms with Crippen LogP contribution >= 0.6 is 11.3 Å². The standard InChI is InChI=1S/C15H22N2O3S/c1-20-9-6-14(18)17-7-4-12(5-8-17)11-16-15(19)13-3-2-10-21-13/h2-3,10,12H,4-9,11H2,1H3,(H,16,19). The Balaban J connectivity index is 1.67. The molecule has 1 aliphatic heterocycles. The molecule has 0 spiro atoms.